The molecule has 1 nitrogen and oxygen atoms in total. The number of hydrogen-bond acceptors (Lipinski definition) is 1. The molecule has 1 aromatic rings. The van der Waals surface area contributed by atoms with Gasteiger partial charge in [-0.1, -0.05) is 30.9 Å². The van der Waals surface area contributed by atoms with Gasteiger partial charge in [0.25, 0.3) is 0 Å². The molecule has 1 atom stereocenters. The molecule has 0 spiro atoms. The molecule has 0 bridgehead atoms. The molecule has 1 fully saturated rings. The van der Waals surface area contributed by atoms with E-state index in [0.29, 0.717) is 21.0 Å². The second-order valence-corrected chi connectivity index (χ2v) is 5.69. The summed E-state index contributed by atoms with van der Waals surface area (Å²) in [5.74, 6) is 0.389. The first-order valence-corrected chi connectivity index (χ1v) is 6.65. The smallest absolute Gasteiger partial charge is 0.129 e. The number of halogens is 3. The van der Waals surface area contributed by atoms with Crippen molar-refractivity contribution in [2.45, 2.75) is 31.7 Å². The van der Waals surface area contributed by atoms with E-state index in [0.717, 1.165) is 6.42 Å². The van der Waals surface area contributed by atoms with Crippen molar-refractivity contribution in [2.75, 3.05) is 0 Å². The topological polar surface area (TPSA) is 26.0 Å². The van der Waals surface area contributed by atoms with Gasteiger partial charge in [0.15, 0.2) is 0 Å². The summed E-state index contributed by atoms with van der Waals surface area (Å²) in [7, 11) is 0. The molecule has 1 saturated carbocycles. The Morgan fingerprint density at radius 3 is 2.75 bits per heavy atom. The van der Waals surface area contributed by atoms with Crippen LogP contribution in [0.25, 0.3) is 0 Å². The highest BCUT2D eigenvalue weighted by Crippen LogP contribution is 2.36. The molecule has 1 aliphatic carbocycles. The fourth-order valence-electron chi connectivity index (χ4n) is 2.04. The molecule has 2 N–H and O–H groups in total. The van der Waals surface area contributed by atoms with Crippen molar-refractivity contribution in [1.29, 1.82) is 0 Å². The Labute approximate surface area is 108 Å². The lowest BCUT2D eigenvalue weighted by Crippen LogP contribution is -2.21. The van der Waals surface area contributed by atoms with Gasteiger partial charge in [-0.2, -0.15) is 0 Å². The van der Waals surface area contributed by atoms with Gasteiger partial charge >= 0.3 is 0 Å². The zero-order valence-electron chi connectivity index (χ0n) is 8.85. The van der Waals surface area contributed by atoms with Crippen LogP contribution in [0, 0.1) is 11.7 Å². The minimum Gasteiger partial charge on any atom is -0.324 e. The van der Waals surface area contributed by atoms with Crippen LogP contribution in [-0.2, 0) is 0 Å². The lowest BCUT2D eigenvalue weighted by Gasteiger charge is -2.28. The summed E-state index contributed by atoms with van der Waals surface area (Å²) >= 11 is 9.14. The van der Waals surface area contributed by atoms with Crippen LogP contribution in [0.4, 0.5) is 4.39 Å². The summed E-state index contributed by atoms with van der Waals surface area (Å²) in [6.07, 6.45) is 4.58. The standard InChI is InChI=1S/C12H14BrClFN/c13-9-6-11(15)8(5-10(9)14)12(16)4-7-2-1-3-7/h5-7,12H,1-4,16H2. The van der Waals surface area contributed by atoms with Gasteiger partial charge in [-0.3, -0.25) is 0 Å². The molecule has 4 heteroatoms. The molecular formula is C12H14BrClFN. The molecular weight excluding hydrogens is 292 g/mol. The van der Waals surface area contributed by atoms with E-state index in [-0.39, 0.29) is 11.9 Å². The van der Waals surface area contributed by atoms with E-state index in [4.69, 9.17) is 17.3 Å². The van der Waals surface area contributed by atoms with Crippen molar-refractivity contribution < 1.29 is 4.39 Å². The van der Waals surface area contributed by atoms with Gasteiger partial charge in [0.2, 0.25) is 0 Å². The van der Waals surface area contributed by atoms with Crippen molar-refractivity contribution in [3.05, 3.63) is 33.0 Å². The number of rotatable bonds is 3. The zero-order valence-corrected chi connectivity index (χ0v) is 11.2. The Kier molecular flexibility index (Phi) is 3.88. The zero-order chi connectivity index (χ0) is 11.7. The van der Waals surface area contributed by atoms with Gasteiger partial charge in [-0.05, 0) is 40.4 Å². The van der Waals surface area contributed by atoms with Crippen LogP contribution in [-0.4, -0.2) is 0 Å². The van der Waals surface area contributed by atoms with Crippen molar-refractivity contribution >= 4 is 27.5 Å². The average molecular weight is 307 g/mol. The third-order valence-corrected chi connectivity index (χ3v) is 4.45. The highest BCUT2D eigenvalue weighted by atomic mass is 79.9. The quantitative estimate of drug-likeness (QED) is 0.821. The van der Waals surface area contributed by atoms with Crippen LogP contribution in [0.1, 0.15) is 37.3 Å². The first kappa shape index (κ1) is 12.3. The molecule has 1 aromatic carbocycles. The minimum atomic E-state index is -0.275. The first-order chi connectivity index (χ1) is 7.58. The van der Waals surface area contributed by atoms with Gasteiger partial charge in [0.1, 0.15) is 5.82 Å². The summed E-state index contributed by atoms with van der Waals surface area (Å²) in [6, 6.07) is 2.78. The van der Waals surface area contributed by atoms with Crippen molar-refractivity contribution in [1.82, 2.24) is 0 Å². The maximum atomic E-state index is 13.7. The molecule has 0 amide bonds. The largest absolute Gasteiger partial charge is 0.324 e. The van der Waals surface area contributed by atoms with Crippen molar-refractivity contribution in [3.63, 3.8) is 0 Å². The molecule has 0 radical (unpaired) electrons. The molecule has 0 saturated heterocycles. The van der Waals surface area contributed by atoms with Crippen LogP contribution in [0.3, 0.4) is 0 Å². The molecule has 2 rings (SSSR count). The summed E-state index contributed by atoms with van der Waals surface area (Å²) in [4.78, 5) is 0. The maximum Gasteiger partial charge on any atom is 0.129 e. The second kappa shape index (κ2) is 5.03. The van der Waals surface area contributed by atoms with Gasteiger partial charge in [-0.15, -0.1) is 0 Å². The second-order valence-electron chi connectivity index (χ2n) is 4.43. The van der Waals surface area contributed by atoms with Gasteiger partial charge in [-0.25, -0.2) is 4.39 Å². The average Bonchev–Trinajstić information content (AvgIpc) is 2.17. The Hall–Kier alpha value is -0.120. The van der Waals surface area contributed by atoms with Gasteiger partial charge < -0.3 is 5.73 Å². The predicted molar refractivity (Wildman–Crippen MR) is 68.0 cm³/mol. The van der Waals surface area contributed by atoms with Crippen molar-refractivity contribution in [2.24, 2.45) is 11.7 Å². The van der Waals surface area contributed by atoms with E-state index in [1.165, 1.54) is 25.3 Å². The fraction of sp³-hybridized carbons (Fsp3) is 0.500. The number of hydrogen-bond donors (Lipinski definition) is 1. The lowest BCUT2D eigenvalue weighted by molar-refractivity contribution is 0.275. The molecule has 0 aromatic heterocycles. The molecule has 0 aliphatic heterocycles. The van der Waals surface area contributed by atoms with Crippen LogP contribution in [0.15, 0.2) is 16.6 Å². The summed E-state index contributed by atoms with van der Waals surface area (Å²) in [5.41, 5.74) is 6.54. The van der Waals surface area contributed by atoms with E-state index in [1.807, 2.05) is 0 Å². The fourth-order valence-corrected chi connectivity index (χ4v) is 2.52. The minimum absolute atomic E-state index is 0.240. The number of benzene rings is 1. The van der Waals surface area contributed by atoms with E-state index in [9.17, 15) is 4.39 Å². The molecule has 1 aliphatic rings. The van der Waals surface area contributed by atoms with Crippen LogP contribution in [0.2, 0.25) is 5.02 Å². The lowest BCUT2D eigenvalue weighted by atomic mass is 9.80. The third-order valence-electron chi connectivity index (χ3n) is 3.25. The van der Waals surface area contributed by atoms with E-state index in [1.54, 1.807) is 6.07 Å². The van der Waals surface area contributed by atoms with E-state index >= 15 is 0 Å². The highest BCUT2D eigenvalue weighted by Gasteiger charge is 2.23. The van der Waals surface area contributed by atoms with Crippen molar-refractivity contribution in [3.8, 4) is 0 Å². The highest BCUT2D eigenvalue weighted by molar-refractivity contribution is 9.10. The first-order valence-electron chi connectivity index (χ1n) is 5.48. The normalized spacial score (nSPS) is 18.2. The summed E-state index contributed by atoms with van der Waals surface area (Å²) in [5, 5.41) is 0.514. The summed E-state index contributed by atoms with van der Waals surface area (Å²) < 4.78 is 14.3. The predicted octanol–water partition coefficient (Wildman–Crippen LogP) is 4.43. The van der Waals surface area contributed by atoms with Gasteiger partial charge in [0, 0.05) is 16.1 Å². The Morgan fingerprint density at radius 1 is 1.50 bits per heavy atom. The van der Waals surface area contributed by atoms with E-state index in [2.05, 4.69) is 15.9 Å². The van der Waals surface area contributed by atoms with Gasteiger partial charge in [0.05, 0.1) is 5.02 Å². The Balaban J connectivity index is 2.14. The molecule has 0 heterocycles. The number of nitrogens with two attached hydrogens (primary N) is 1. The monoisotopic (exact) mass is 305 g/mol. The summed E-state index contributed by atoms with van der Waals surface area (Å²) in [6.45, 7) is 0. The Bertz CT molecular complexity index is 393. The maximum absolute atomic E-state index is 13.7. The van der Waals surface area contributed by atoms with E-state index < -0.39 is 0 Å². The molecule has 88 valence electrons. The molecule has 1 unspecified atom stereocenters. The van der Waals surface area contributed by atoms with Crippen LogP contribution >= 0.6 is 27.5 Å². The molecule has 16 heavy (non-hydrogen) atoms. The third kappa shape index (κ3) is 2.58. The van der Waals surface area contributed by atoms with Crippen LogP contribution in [0.5, 0.6) is 0 Å². The van der Waals surface area contributed by atoms with Crippen LogP contribution < -0.4 is 5.73 Å². The SMILES string of the molecule is NC(CC1CCC1)c1cc(Cl)c(Br)cc1F. The Morgan fingerprint density at radius 2 is 2.19 bits per heavy atom.